The highest BCUT2D eigenvalue weighted by Crippen LogP contribution is 2.37. The van der Waals surface area contributed by atoms with Crippen molar-refractivity contribution in [3.8, 4) is 6.07 Å². The molecule has 0 aliphatic heterocycles. The summed E-state index contributed by atoms with van der Waals surface area (Å²) < 4.78 is 39.7. The molecule has 0 bridgehead atoms. The average Bonchev–Trinajstić information content (AvgIpc) is 2.64. The second kappa shape index (κ2) is 7.96. The molecule has 2 aromatic carbocycles. The van der Waals surface area contributed by atoms with Crippen LogP contribution in [0.15, 0.2) is 60.3 Å². The zero-order valence-corrected chi connectivity index (χ0v) is 14.7. The van der Waals surface area contributed by atoms with Crippen LogP contribution in [0.3, 0.4) is 0 Å². The van der Waals surface area contributed by atoms with Gasteiger partial charge in [-0.05, 0) is 35.9 Å². The van der Waals surface area contributed by atoms with Crippen LogP contribution in [-0.4, -0.2) is 18.1 Å². The Bertz CT molecular complexity index is 897. The van der Waals surface area contributed by atoms with Crippen LogP contribution in [0.4, 0.5) is 18.9 Å². The van der Waals surface area contributed by atoms with Gasteiger partial charge in [0.15, 0.2) is 0 Å². The number of hydrogen-bond donors (Lipinski definition) is 1. The molecular formula is C20H17F3N2O2. The van der Waals surface area contributed by atoms with Gasteiger partial charge in [0.2, 0.25) is 0 Å². The molecule has 0 amide bonds. The fraction of sp³-hybridized carbons (Fsp3) is 0.200. The molecular weight excluding hydrogens is 357 g/mol. The van der Waals surface area contributed by atoms with Crippen LogP contribution in [-0.2, 0) is 6.18 Å². The number of carbonyl (C=O) groups is 1. The Hall–Kier alpha value is -3.27. The van der Waals surface area contributed by atoms with Crippen molar-refractivity contribution in [2.75, 3.05) is 11.9 Å². The molecule has 0 saturated carbocycles. The third-order valence-corrected chi connectivity index (χ3v) is 4.18. The van der Waals surface area contributed by atoms with Gasteiger partial charge in [0.05, 0.1) is 22.8 Å². The van der Waals surface area contributed by atoms with E-state index in [9.17, 15) is 23.2 Å². The van der Waals surface area contributed by atoms with Gasteiger partial charge in [-0.3, -0.25) is 0 Å². The molecule has 1 unspecified atom stereocenters. The molecule has 0 aliphatic carbocycles. The van der Waals surface area contributed by atoms with Gasteiger partial charge in [-0.25, -0.2) is 4.79 Å². The lowest BCUT2D eigenvalue weighted by atomic mass is 9.90. The Labute approximate surface area is 154 Å². The smallest absolute Gasteiger partial charge is 0.416 e. The maximum atomic E-state index is 13.2. The summed E-state index contributed by atoms with van der Waals surface area (Å²) in [5.41, 5.74) is 0.115. The van der Waals surface area contributed by atoms with E-state index in [-0.39, 0.29) is 16.7 Å². The van der Waals surface area contributed by atoms with Gasteiger partial charge in [0.1, 0.15) is 0 Å². The molecule has 1 atom stereocenters. The molecule has 27 heavy (non-hydrogen) atoms. The highest BCUT2D eigenvalue weighted by Gasteiger charge is 2.34. The summed E-state index contributed by atoms with van der Waals surface area (Å²) >= 11 is 0. The predicted octanol–water partition coefficient (Wildman–Crippen LogP) is 5.05. The highest BCUT2D eigenvalue weighted by molar-refractivity contribution is 5.88. The van der Waals surface area contributed by atoms with Crippen LogP contribution in [0.2, 0.25) is 0 Å². The normalized spacial score (nSPS) is 13.0. The van der Waals surface area contributed by atoms with Crippen LogP contribution in [0.5, 0.6) is 0 Å². The Morgan fingerprint density at radius 2 is 1.78 bits per heavy atom. The summed E-state index contributed by atoms with van der Waals surface area (Å²) in [5, 5.41) is 18.4. The van der Waals surface area contributed by atoms with Crippen LogP contribution in [0.25, 0.3) is 0 Å². The van der Waals surface area contributed by atoms with Gasteiger partial charge in [-0.2, -0.15) is 18.4 Å². The van der Waals surface area contributed by atoms with E-state index in [1.807, 2.05) is 6.07 Å². The summed E-state index contributed by atoms with van der Waals surface area (Å²) in [6.45, 7) is 1.54. The lowest BCUT2D eigenvalue weighted by Gasteiger charge is -2.20. The van der Waals surface area contributed by atoms with Crippen molar-refractivity contribution in [2.45, 2.75) is 19.0 Å². The van der Waals surface area contributed by atoms with Crippen LogP contribution in [0, 0.1) is 11.3 Å². The first kappa shape index (κ1) is 20.0. The number of rotatable bonds is 5. The van der Waals surface area contributed by atoms with E-state index in [1.165, 1.54) is 36.5 Å². The van der Waals surface area contributed by atoms with Gasteiger partial charge in [-0.1, -0.05) is 25.1 Å². The Kier molecular flexibility index (Phi) is 5.91. The predicted molar refractivity (Wildman–Crippen MR) is 95.4 cm³/mol. The van der Waals surface area contributed by atoms with Gasteiger partial charge in [0.25, 0.3) is 0 Å². The topological polar surface area (TPSA) is 64.3 Å². The number of alkyl halides is 3. The second-order valence-corrected chi connectivity index (χ2v) is 5.97. The standard InChI is InChI=1S/C20H17F3N2O2/c1-13(17-5-3-4-6-18(17)20(21,22)23)15(11-24)12-25(2)16-9-7-14(8-10-16)19(26)27/h3-10,12-13H,1-2H3,(H,26,27)/b15-12-. The fourth-order valence-electron chi connectivity index (χ4n) is 2.66. The van der Waals surface area contributed by atoms with Gasteiger partial charge in [0, 0.05) is 24.9 Å². The van der Waals surface area contributed by atoms with Crippen molar-refractivity contribution >= 4 is 11.7 Å². The van der Waals surface area contributed by atoms with Crippen molar-refractivity contribution in [2.24, 2.45) is 0 Å². The minimum atomic E-state index is -4.51. The first-order chi connectivity index (χ1) is 12.6. The van der Waals surface area contributed by atoms with E-state index in [0.29, 0.717) is 5.69 Å². The summed E-state index contributed by atoms with van der Waals surface area (Å²) in [7, 11) is 1.63. The highest BCUT2D eigenvalue weighted by atomic mass is 19.4. The van der Waals surface area contributed by atoms with E-state index in [1.54, 1.807) is 31.0 Å². The molecule has 1 N–H and O–H groups in total. The fourth-order valence-corrected chi connectivity index (χ4v) is 2.66. The van der Waals surface area contributed by atoms with Gasteiger partial charge >= 0.3 is 12.1 Å². The van der Waals surface area contributed by atoms with Gasteiger partial charge < -0.3 is 10.0 Å². The minimum absolute atomic E-state index is 0.0208. The summed E-state index contributed by atoms with van der Waals surface area (Å²) in [5.74, 6) is -1.83. The number of allylic oxidation sites excluding steroid dienone is 1. The van der Waals surface area contributed by atoms with Crippen molar-refractivity contribution in [3.63, 3.8) is 0 Å². The Balaban J connectivity index is 2.36. The Morgan fingerprint density at radius 3 is 2.30 bits per heavy atom. The maximum absolute atomic E-state index is 13.2. The lowest BCUT2D eigenvalue weighted by molar-refractivity contribution is -0.138. The van der Waals surface area contributed by atoms with Crippen molar-refractivity contribution < 1.29 is 23.1 Å². The number of halogens is 3. The molecule has 140 valence electrons. The zero-order chi connectivity index (χ0) is 20.2. The third-order valence-electron chi connectivity index (χ3n) is 4.18. The first-order valence-electron chi connectivity index (χ1n) is 7.99. The number of nitriles is 1. The first-order valence-corrected chi connectivity index (χ1v) is 7.99. The summed E-state index contributed by atoms with van der Waals surface area (Å²) in [4.78, 5) is 12.5. The summed E-state index contributed by atoms with van der Waals surface area (Å²) in [6.07, 6.45) is -3.06. The molecule has 0 heterocycles. The monoisotopic (exact) mass is 374 g/mol. The SMILES string of the molecule is CC(/C(C#N)=C\N(C)c1ccc(C(=O)O)cc1)c1ccccc1C(F)(F)F. The molecule has 0 aliphatic rings. The van der Waals surface area contributed by atoms with E-state index in [0.717, 1.165) is 6.07 Å². The Morgan fingerprint density at radius 1 is 1.19 bits per heavy atom. The lowest BCUT2D eigenvalue weighted by Crippen LogP contribution is -2.14. The maximum Gasteiger partial charge on any atom is 0.416 e. The quantitative estimate of drug-likeness (QED) is 0.744. The molecule has 0 saturated heterocycles. The number of carboxylic acid groups (broad SMARTS) is 1. The van der Waals surface area contributed by atoms with Gasteiger partial charge in [-0.15, -0.1) is 0 Å². The van der Waals surface area contributed by atoms with E-state index < -0.39 is 23.6 Å². The zero-order valence-electron chi connectivity index (χ0n) is 14.7. The third kappa shape index (κ3) is 4.67. The molecule has 0 fully saturated rings. The van der Waals surface area contributed by atoms with E-state index in [2.05, 4.69) is 0 Å². The van der Waals surface area contributed by atoms with Crippen LogP contribution >= 0.6 is 0 Å². The molecule has 7 heteroatoms. The summed E-state index contributed by atoms with van der Waals surface area (Å²) in [6, 6.07) is 13.1. The average molecular weight is 374 g/mol. The van der Waals surface area contributed by atoms with Crippen molar-refractivity contribution in [1.29, 1.82) is 5.26 Å². The molecule has 4 nitrogen and oxygen atoms in total. The second-order valence-electron chi connectivity index (χ2n) is 5.97. The number of anilines is 1. The number of aromatic carboxylic acids is 1. The van der Waals surface area contributed by atoms with Crippen molar-refractivity contribution in [1.82, 2.24) is 0 Å². The molecule has 0 spiro atoms. The van der Waals surface area contributed by atoms with Crippen LogP contribution in [0.1, 0.15) is 34.3 Å². The molecule has 2 aromatic rings. The number of hydrogen-bond acceptors (Lipinski definition) is 3. The molecule has 2 rings (SSSR count). The van der Waals surface area contributed by atoms with E-state index >= 15 is 0 Å². The number of nitrogens with zero attached hydrogens (tertiary/aromatic N) is 2. The number of benzene rings is 2. The molecule has 0 aromatic heterocycles. The van der Waals surface area contributed by atoms with E-state index in [4.69, 9.17) is 5.11 Å². The van der Waals surface area contributed by atoms with Crippen LogP contribution < -0.4 is 4.90 Å². The minimum Gasteiger partial charge on any atom is -0.478 e. The largest absolute Gasteiger partial charge is 0.478 e. The molecule has 0 radical (unpaired) electrons. The number of carboxylic acids is 1. The van der Waals surface area contributed by atoms with Crippen molar-refractivity contribution in [3.05, 3.63) is 77.0 Å².